The van der Waals surface area contributed by atoms with Crippen LogP contribution in [0.4, 0.5) is 0 Å². The highest BCUT2D eigenvalue weighted by atomic mass is 16.7. The lowest BCUT2D eigenvalue weighted by molar-refractivity contribution is -0.214. The third-order valence-electron chi connectivity index (χ3n) is 2.78. The Balaban J connectivity index is 3.53. The Bertz CT molecular complexity index is 314. The Labute approximate surface area is 133 Å². The van der Waals surface area contributed by atoms with Crippen LogP contribution in [0.2, 0.25) is 0 Å². The standard InChI is InChI=1S/C16H30O6/c1-5-6-12-21-16(3,4)22-13-7-9-15(18)20-11-8-10-19-14(2)17/h5-13H2,1-4H3. The van der Waals surface area contributed by atoms with Crippen LogP contribution in [0.15, 0.2) is 0 Å². The van der Waals surface area contributed by atoms with E-state index in [0.717, 1.165) is 12.8 Å². The van der Waals surface area contributed by atoms with E-state index >= 15 is 0 Å². The van der Waals surface area contributed by atoms with Gasteiger partial charge in [0, 0.05) is 26.4 Å². The summed E-state index contributed by atoms with van der Waals surface area (Å²) in [5, 5.41) is 0. The van der Waals surface area contributed by atoms with E-state index in [0.29, 0.717) is 32.5 Å². The average molecular weight is 318 g/mol. The van der Waals surface area contributed by atoms with E-state index in [1.54, 1.807) is 0 Å². The highest BCUT2D eigenvalue weighted by Crippen LogP contribution is 2.13. The summed E-state index contributed by atoms with van der Waals surface area (Å²) in [6, 6.07) is 0. The second-order valence-electron chi connectivity index (χ2n) is 5.47. The molecule has 0 aromatic rings. The van der Waals surface area contributed by atoms with Crippen LogP contribution in [-0.4, -0.2) is 44.2 Å². The smallest absolute Gasteiger partial charge is 0.305 e. The molecule has 130 valence electrons. The van der Waals surface area contributed by atoms with Crippen LogP contribution >= 0.6 is 0 Å². The average Bonchev–Trinajstić information content (AvgIpc) is 2.43. The van der Waals surface area contributed by atoms with Gasteiger partial charge >= 0.3 is 11.9 Å². The molecule has 0 aromatic carbocycles. The Kier molecular flexibility index (Phi) is 11.8. The number of hydrogen-bond acceptors (Lipinski definition) is 6. The molecular formula is C16H30O6. The van der Waals surface area contributed by atoms with Gasteiger partial charge in [-0.25, -0.2) is 0 Å². The lowest BCUT2D eigenvalue weighted by Crippen LogP contribution is -2.29. The molecule has 22 heavy (non-hydrogen) atoms. The van der Waals surface area contributed by atoms with E-state index in [1.807, 2.05) is 13.8 Å². The van der Waals surface area contributed by atoms with Gasteiger partial charge in [-0.3, -0.25) is 9.59 Å². The zero-order valence-corrected chi connectivity index (χ0v) is 14.3. The van der Waals surface area contributed by atoms with Gasteiger partial charge in [0.1, 0.15) is 0 Å². The molecule has 0 aliphatic rings. The van der Waals surface area contributed by atoms with E-state index in [2.05, 4.69) is 6.92 Å². The molecular weight excluding hydrogens is 288 g/mol. The summed E-state index contributed by atoms with van der Waals surface area (Å²) in [4.78, 5) is 22.0. The van der Waals surface area contributed by atoms with Gasteiger partial charge in [-0.15, -0.1) is 0 Å². The number of hydrogen-bond donors (Lipinski definition) is 0. The molecule has 0 fully saturated rings. The molecule has 0 N–H and O–H groups in total. The number of unbranched alkanes of at least 4 members (excludes halogenated alkanes) is 1. The lowest BCUT2D eigenvalue weighted by Gasteiger charge is -2.25. The molecule has 0 saturated carbocycles. The van der Waals surface area contributed by atoms with Crippen molar-refractivity contribution in [2.24, 2.45) is 0 Å². The number of rotatable bonds is 13. The molecule has 0 aromatic heterocycles. The topological polar surface area (TPSA) is 71.1 Å². The Morgan fingerprint density at radius 3 is 2.05 bits per heavy atom. The number of ether oxygens (including phenoxy) is 4. The van der Waals surface area contributed by atoms with Gasteiger partial charge in [-0.2, -0.15) is 0 Å². The van der Waals surface area contributed by atoms with Gasteiger partial charge in [-0.1, -0.05) is 13.3 Å². The maximum absolute atomic E-state index is 11.5. The predicted octanol–water partition coefficient (Wildman–Crippen LogP) is 2.83. The Morgan fingerprint density at radius 2 is 1.45 bits per heavy atom. The van der Waals surface area contributed by atoms with Crippen molar-refractivity contribution >= 4 is 11.9 Å². The summed E-state index contributed by atoms with van der Waals surface area (Å²) in [5.74, 6) is -1.22. The minimum atomic E-state index is -0.622. The van der Waals surface area contributed by atoms with E-state index in [-0.39, 0.29) is 25.2 Å². The molecule has 0 atom stereocenters. The molecule has 0 radical (unpaired) electrons. The maximum atomic E-state index is 11.5. The van der Waals surface area contributed by atoms with Gasteiger partial charge in [0.05, 0.1) is 19.8 Å². The first kappa shape index (κ1) is 20.9. The number of carbonyl (C=O) groups excluding carboxylic acids is 2. The van der Waals surface area contributed by atoms with Crippen molar-refractivity contribution in [2.75, 3.05) is 26.4 Å². The number of esters is 2. The van der Waals surface area contributed by atoms with E-state index in [9.17, 15) is 9.59 Å². The van der Waals surface area contributed by atoms with E-state index in [4.69, 9.17) is 18.9 Å². The van der Waals surface area contributed by atoms with Crippen LogP contribution in [-0.2, 0) is 28.5 Å². The summed E-state index contributed by atoms with van der Waals surface area (Å²) >= 11 is 0. The summed E-state index contributed by atoms with van der Waals surface area (Å²) in [6.45, 7) is 8.85. The van der Waals surface area contributed by atoms with Crippen molar-refractivity contribution in [3.05, 3.63) is 0 Å². The molecule has 0 saturated heterocycles. The van der Waals surface area contributed by atoms with Crippen molar-refractivity contribution in [1.29, 1.82) is 0 Å². The van der Waals surface area contributed by atoms with Gasteiger partial charge in [-0.05, 0) is 26.7 Å². The van der Waals surface area contributed by atoms with Crippen molar-refractivity contribution in [3.8, 4) is 0 Å². The quantitative estimate of drug-likeness (QED) is 0.295. The summed E-state index contributed by atoms with van der Waals surface area (Å²) < 4.78 is 21.0. The highest BCUT2D eigenvalue weighted by Gasteiger charge is 2.18. The molecule has 0 rings (SSSR count). The third kappa shape index (κ3) is 13.8. The lowest BCUT2D eigenvalue weighted by atomic mass is 10.3. The van der Waals surface area contributed by atoms with Gasteiger partial charge < -0.3 is 18.9 Å². The van der Waals surface area contributed by atoms with Crippen LogP contribution in [0.3, 0.4) is 0 Å². The Morgan fingerprint density at radius 1 is 0.864 bits per heavy atom. The van der Waals surface area contributed by atoms with Crippen LogP contribution in [0, 0.1) is 0 Å². The van der Waals surface area contributed by atoms with Crippen LogP contribution in [0.1, 0.15) is 59.8 Å². The van der Waals surface area contributed by atoms with Crippen LogP contribution in [0.5, 0.6) is 0 Å². The minimum Gasteiger partial charge on any atom is -0.466 e. The van der Waals surface area contributed by atoms with Gasteiger partial charge in [0.25, 0.3) is 0 Å². The molecule has 0 aliphatic heterocycles. The largest absolute Gasteiger partial charge is 0.466 e. The van der Waals surface area contributed by atoms with Crippen molar-refractivity contribution in [3.63, 3.8) is 0 Å². The third-order valence-corrected chi connectivity index (χ3v) is 2.78. The maximum Gasteiger partial charge on any atom is 0.305 e. The molecule has 0 heterocycles. The normalized spacial score (nSPS) is 11.3. The molecule has 6 nitrogen and oxygen atoms in total. The molecule has 6 heteroatoms. The fourth-order valence-corrected chi connectivity index (χ4v) is 1.57. The monoisotopic (exact) mass is 318 g/mol. The first-order valence-corrected chi connectivity index (χ1v) is 7.94. The van der Waals surface area contributed by atoms with Gasteiger partial charge in [0.15, 0.2) is 5.79 Å². The summed E-state index contributed by atoms with van der Waals surface area (Å²) in [5.41, 5.74) is 0. The molecule has 0 bridgehead atoms. The molecule has 0 amide bonds. The Hall–Kier alpha value is -1.14. The summed E-state index contributed by atoms with van der Waals surface area (Å²) in [7, 11) is 0. The fourth-order valence-electron chi connectivity index (χ4n) is 1.57. The van der Waals surface area contributed by atoms with Crippen LogP contribution < -0.4 is 0 Å². The first-order valence-electron chi connectivity index (χ1n) is 7.94. The SMILES string of the molecule is CCCCOC(C)(C)OCCCC(=O)OCCCOC(C)=O. The zero-order valence-electron chi connectivity index (χ0n) is 14.3. The zero-order chi connectivity index (χ0) is 16.8. The second-order valence-corrected chi connectivity index (χ2v) is 5.47. The van der Waals surface area contributed by atoms with E-state index in [1.165, 1.54) is 6.92 Å². The number of carbonyl (C=O) groups is 2. The summed E-state index contributed by atoms with van der Waals surface area (Å²) in [6.07, 6.45) is 3.49. The fraction of sp³-hybridized carbons (Fsp3) is 0.875. The van der Waals surface area contributed by atoms with Crippen molar-refractivity contribution in [1.82, 2.24) is 0 Å². The second kappa shape index (κ2) is 12.4. The first-order chi connectivity index (χ1) is 10.4. The minimum absolute atomic E-state index is 0.262. The molecule has 0 spiro atoms. The van der Waals surface area contributed by atoms with E-state index < -0.39 is 5.79 Å². The predicted molar refractivity (Wildman–Crippen MR) is 82.3 cm³/mol. The molecule has 0 aliphatic carbocycles. The highest BCUT2D eigenvalue weighted by molar-refractivity contribution is 5.69. The van der Waals surface area contributed by atoms with Gasteiger partial charge in [0.2, 0.25) is 0 Å². The van der Waals surface area contributed by atoms with Crippen molar-refractivity contribution < 1.29 is 28.5 Å². The van der Waals surface area contributed by atoms with Crippen LogP contribution in [0.25, 0.3) is 0 Å². The van der Waals surface area contributed by atoms with Crippen molar-refractivity contribution in [2.45, 2.75) is 65.6 Å². The molecule has 0 unspecified atom stereocenters.